The fourth-order valence-electron chi connectivity index (χ4n) is 1.71. The normalized spacial score (nSPS) is 9.90. The predicted molar refractivity (Wildman–Crippen MR) is 81.7 cm³/mol. The smallest absolute Gasteiger partial charge is 0.119 e. The highest BCUT2D eigenvalue weighted by Gasteiger charge is 2.00. The van der Waals surface area contributed by atoms with Crippen molar-refractivity contribution >= 4 is 11.3 Å². The first-order chi connectivity index (χ1) is 9.81. The van der Waals surface area contributed by atoms with Crippen LogP contribution in [-0.2, 0) is 18.0 Å². The molecule has 0 unspecified atom stereocenters. The summed E-state index contributed by atoms with van der Waals surface area (Å²) in [5, 5.41) is 2.02. The standard InChI is InChI=1S/C16H17NO2S/c1-18-15-6-2-4-13(8-15)10-19-11-16-9-14(12-20-16)5-3-7-17/h2,4,6,8-9,12H,7,10-11,17H2,1H3. The van der Waals surface area contributed by atoms with Gasteiger partial charge in [-0.05, 0) is 23.8 Å². The molecule has 0 radical (unpaired) electrons. The number of benzene rings is 1. The minimum atomic E-state index is 0.386. The molecule has 2 aromatic rings. The number of ether oxygens (including phenoxy) is 2. The molecule has 0 saturated heterocycles. The van der Waals surface area contributed by atoms with Crippen LogP contribution in [0.1, 0.15) is 16.0 Å². The van der Waals surface area contributed by atoms with Crippen molar-refractivity contribution in [2.45, 2.75) is 13.2 Å². The Morgan fingerprint density at radius 3 is 2.95 bits per heavy atom. The van der Waals surface area contributed by atoms with Gasteiger partial charge < -0.3 is 15.2 Å². The van der Waals surface area contributed by atoms with E-state index < -0.39 is 0 Å². The number of hydrogen-bond acceptors (Lipinski definition) is 4. The summed E-state index contributed by atoms with van der Waals surface area (Å²) in [5.41, 5.74) is 7.45. The van der Waals surface area contributed by atoms with Crippen LogP contribution < -0.4 is 10.5 Å². The van der Waals surface area contributed by atoms with Gasteiger partial charge in [0.15, 0.2) is 0 Å². The summed E-state index contributed by atoms with van der Waals surface area (Å²) in [6.07, 6.45) is 0. The Labute approximate surface area is 123 Å². The molecule has 2 rings (SSSR count). The Morgan fingerprint density at radius 1 is 1.25 bits per heavy atom. The van der Waals surface area contributed by atoms with Crippen molar-refractivity contribution in [1.82, 2.24) is 0 Å². The van der Waals surface area contributed by atoms with Crippen LogP contribution in [0.4, 0.5) is 0 Å². The van der Waals surface area contributed by atoms with Crippen molar-refractivity contribution in [2.24, 2.45) is 5.73 Å². The molecule has 1 aromatic heterocycles. The first-order valence-corrected chi connectivity index (χ1v) is 7.17. The molecule has 0 aliphatic rings. The lowest BCUT2D eigenvalue weighted by atomic mass is 10.2. The van der Waals surface area contributed by atoms with Crippen molar-refractivity contribution < 1.29 is 9.47 Å². The summed E-state index contributed by atoms with van der Waals surface area (Å²) in [7, 11) is 1.66. The number of methoxy groups -OCH3 is 1. The molecule has 104 valence electrons. The Balaban J connectivity index is 1.84. The number of rotatable bonds is 5. The third-order valence-electron chi connectivity index (χ3n) is 2.64. The van der Waals surface area contributed by atoms with Crippen molar-refractivity contribution in [2.75, 3.05) is 13.7 Å². The Hall–Kier alpha value is -1.80. The lowest BCUT2D eigenvalue weighted by Gasteiger charge is -2.05. The van der Waals surface area contributed by atoms with E-state index in [-0.39, 0.29) is 0 Å². The van der Waals surface area contributed by atoms with Gasteiger partial charge >= 0.3 is 0 Å². The molecule has 20 heavy (non-hydrogen) atoms. The van der Waals surface area contributed by atoms with Gasteiger partial charge in [-0.3, -0.25) is 0 Å². The van der Waals surface area contributed by atoms with E-state index in [1.165, 1.54) is 0 Å². The van der Waals surface area contributed by atoms with Crippen LogP contribution in [0.5, 0.6) is 5.75 Å². The zero-order valence-corrected chi connectivity index (χ0v) is 12.2. The molecule has 0 saturated carbocycles. The summed E-state index contributed by atoms with van der Waals surface area (Å²) in [4.78, 5) is 1.16. The van der Waals surface area contributed by atoms with E-state index in [0.717, 1.165) is 21.8 Å². The highest BCUT2D eigenvalue weighted by molar-refractivity contribution is 7.10. The molecular formula is C16H17NO2S. The van der Waals surface area contributed by atoms with Crippen LogP contribution in [0.3, 0.4) is 0 Å². The second-order valence-electron chi connectivity index (χ2n) is 4.15. The van der Waals surface area contributed by atoms with Crippen LogP contribution in [-0.4, -0.2) is 13.7 Å². The van der Waals surface area contributed by atoms with Gasteiger partial charge in [0.05, 0.1) is 26.9 Å². The third kappa shape index (κ3) is 4.39. The molecule has 1 aromatic carbocycles. The molecule has 0 aliphatic carbocycles. The largest absolute Gasteiger partial charge is 0.497 e. The van der Waals surface area contributed by atoms with E-state index in [0.29, 0.717) is 19.8 Å². The van der Waals surface area contributed by atoms with Gasteiger partial charge in [-0.2, -0.15) is 0 Å². The summed E-state index contributed by atoms with van der Waals surface area (Å²) in [6.45, 7) is 1.54. The first kappa shape index (κ1) is 14.6. The van der Waals surface area contributed by atoms with Crippen LogP contribution in [0.25, 0.3) is 0 Å². The lowest BCUT2D eigenvalue weighted by Crippen LogP contribution is -1.93. The summed E-state index contributed by atoms with van der Waals surface area (Å²) >= 11 is 1.65. The minimum Gasteiger partial charge on any atom is -0.497 e. The Morgan fingerprint density at radius 2 is 2.15 bits per heavy atom. The minimum absolute atomic E-state index is 0.386. The topological polar surface area (TPSA) is 44.5 Å². The lowest BCUT2D eigenvalue weighted by molar-refractivity contribution is 0.109. The van der Waals surface area contributed by atoms with Crippen molar-refractivity contribution in [3.63, 3.8) is 0 Å². The molecular weight excluding hydrogens is 270 g/mol. The van der Waals surface area contributed by atoms with Gasteiger partial charge in [0.25, 0.3) is 0 Å². The van der Waals surface area contributed by atoms with Crippen LogP contribution >= 0.6 is 11.3 Å². The van der Waals surface area contributed by atoms with E-state index in [9.17, 15) is 0 Å². The molecule has 0 bridgehead atoms. The monoisotopic (exact) mass is 287 g/mol. The van der Waals surface area contributed by atoms with E-state index in [1.807, 2.05) is 35.7 Å². The zero-order chi connectivity index (χ0) is 14.2. The maximum atomic E-state index is 5.71. The number of nitrogens with two attached hydrogens (primary N) is 1. The van der Waals surface area contributed by atoms with Crippen LogP contribution in [0, 0.1) is 11.8 Å². The van der Waals surface area contributed by atoms with E-state index in [1.54, 1.807) is 18.4 Å². The molecule has 2 N–H and O–H groups in total. The Bertz CT molecular complexity index is 610. The van der Waals surface area contributed by atoms with Crippen molar-refractivity contribution in [1.29, 1.82) is 0 Å². The summed E-state index contributed by atoms with van der Waals surface area (Å²) in [5.74, 6) is 6.70. The maximum Gasteiger partial charge on any atom is 0.119 e. The summed E-state index contributed by atoms with van der Waals surface area (Å²) in [6, 6.07) is 9.93. The average molecular weight is 287 g/mol. The molecule has 1 heterocycles. The zero-order valence-electron chi connectivity index (χ0n) is 11.4. The van der Waals surface area contributed by atoms with E-state index in [2.05, 4.69) is 11.8 Å². The van der Waals surface area contributed by atoms with E-state index >= 15 is 0 Å². The molecule has 3 nitrogen and oxygen atoms in total. The second kappa shape index (κ2) is 7.71. The van der Waals surface area contributed by atoms with Gasteiger partial charge in [0.1, 0.15) is 5.75 Å². The molecule has 0 aliphatic heterocycles. The van der Waals surface area contributed by atoms with Crippen LogP contribution in [0.15, 0.2) is 35.7 Å². The first-order valence-electron chi connectivity index (χ1n) is 6.29. The molecule has 0 spiro atoms. The van der Waals surface area contributed by atoms with E-state index in [4.69, 9.17) is 15.2 Å². The number of hydrogen-bond donors (Lipinski definition) is 1. The predicted octanol–water partition coefficient (Wildman–Crippen LogP) is 2.78. The molecule has 0 atom stereocenters. The third-order valence-corrected chi connectivity index (χ3v) is 3.55. The van der Waals surface area contributed by atoms with Gasteiger partial charge in [-0.25, -0.2) is 0 Å². The van der Waals surface area contributed by atoms with Crippen LogP contribution in [0.2, 0.25) is 0 Å². The fraction of sp³-hybridized carbons (Fsp3) is 0.250. The Kier molecular flexibility index (Phi) is 5.63. The molecule has 0 fully saturated rings. The van der Waals surface area contributed by atoms with Crippen molar-refractivity contribution in [3.8, 4) is 17.6 Å². The van der Waals surface area contributed by atoms with Gasteiger partial charge in [0.2, 0.25) is 0 Å². The highest BCUT2D eigenvalue weighted by atomic mass is 32.1. The van der Waals surface area contributed by atoms with Gasteiger partial charge in [0, 0.05) is 15.8 Å². The van der Waals surface area contributed by atoms with Crippen molar-refractivity contribution in [3.05, 3.63) is 51.7 Å². The highest BCUT2D eigenvalue weighted by Crippen LogP contribution is 2.17. The quantitative estimate of drug-likeness (QED) is 0.860. The van der Waals surface area contributed by atoms with Gasteiger partial charge in [-0.1, -0.05) is 24.0 Å². The SMILES string of the molecule is COc1cccc(COCc2cc(C#CCN)cs2)c1. The molecule has 4 heteroatoms. The van der Waals surface area contributed by atoms with Gasteiger partial charge in [-0.15, -0.1) is 11.3 Å². The fourth-order valence-corrected chi connectivity index (χ4v) is 2.46. The maximum absolute atomic E-state index is 5.71. The molecule has 0 amide bonds. The summed E-state index contributed by atoms with van der Waals surface area (Å²) < 4.78 is 10.9. The second-order valence-corrected chi connectivity index (χ2v) is 5.15. The average Bonchev–Trinajstić information content (AvgIpc) is 2.93. The number of thiophene rings is 1.